The SMILES string of the molecule is Cc1nc(CC(=O)N2[C@@H]3CC[C@@H]2c2cnc(N4CCC[C@H](O)C4)nc2C3)cs1. The predicted octanol–water partition coefficient (Wildman–Crippen LogP) is 2.03. The standard InChI is InChI=1S/C20H25N5O2S/c1-12-22-13(11-28-12)7-19(27)25-14-4-5-18(25)16-9-21-20(23-17(16)8-14)24-6-2-3-15(26)10-24/h9,11,14-15,18,26H,2-8,10H2,1H3/t14-,15+,18-/m1/s1. The van der Waals surface area contributed by atoms with Crippen molar-refractivity contribution in [1.29, 1.82) is 0 Å². The molecule has 0 aliphatic carbocycles. The molecule has 2 bridgehead atoms. The fourth-order valence-corrected chi connectivity index (χ4v) is 5.48. The van der Waals surface area contributed by atoms with Gasteiger partial charge in [0.25, 0.3) is 0 Å². The quantitative estimate of drug-likeness (QED) is 0.850. The maximum atomic E-state index is 13.0. The van der Waals surface area contributed by atoms with E-state index >= 15 is 0 Å². The fourth-order valence-electron chi connectivity index (χ4n) is 4.87. The molecule has 5 rings (SSSR count). The molecule has 2 fully saturated rings. The Hall–Kier alpha value is -2.06. The number of aliphatic hydroxyl groups is 1. The van der Waals surface area contributed by atoms with Crippen LogP contribution in [0.4, 0.5) is 5.95 Å². The number of hydrogen-bond donors (Lipinski definition) is 1. The van der Waals surface area contributed by atoms with Gasteiger partial charge in [0, 0.05) is 42.7 Å². The van der Waals surface area contributed by atoms with Gasteiger partial charge in [-0.15, -0.1) is 11.3 Å². The zero-order chi connectivity index (χ0) is 19.3. The van der Waals surface area contributed by atoms with Crippen LogP contribution in [0.1, 0.15) is 53.7 Å². The van der Waals surface area contributed by atoms with Gasteiger partial charge in [-0.3, -0.25) is 4.79 Å². The summed E-state index contributed by atoms with van der Waals surface area (Å²) in [5, 5.41) is 12.9. The molecular formula is C20H25N5O2S. The van der Waals surface area contributed by atoms with Gasteiger partial charge in [0.05, 0.1) is 35.0 Å². The molecule has 3 atom stereocenters. The van der Waals surface area contributed by atoms with E-state index in [4.69, 9.17) is 4.98 Å². The zero-order valence-electron chi connectivity index (χ0n) is 16.0. The molecule has 1 N–H and O–H groups in total. The van der Waals surface area contributed by atoms with Crippen molar-refractivity contribution < 1.29 is 9.90 Å². The fraction of sp³-hybridized carbons (Fsp3) is 0.600. The lowest BCUT2D eigenvalue weighted by molar-refractivity contribution is -0.134. The number of amides is 1. The second-order valence-electron chi connectivity index (χ2n) is 8.10. The number of aliphatic hydroxyl groups excluding tert-OH is 1. The summed E-state index contributed by atoms with van der Waals surface area (Å²) < 4.78 is 0. The number of anilines is 1. The Morgan fingerprint density at radius 2 is 2.21 bits per heavy atom. The van der Waals surface area contributed by atoms with Gasteiger partial charge in [-0.05, 0) is 32.6 Å². The number of hydrogen-bond acceptors (Lipinski definition) is 7. The van der Waals surface area contributed by atoms with Gasteiger partial charge in [0.15, 0.2) is 0 Å². The first kappa shape index (κ1) is 18.0. The van der Waals surface area contributed by atoms with Crippen molar-refractivity contribution in [2.24, 2.45) is 0 Å². The third-order valence-corrected chi connectivity index (χ3v) is 6.97. The Morgan fingerprint density at radius 3 is 3.00 bits per heavy atom. The van der Waals surface area contributed by atoms with Crippen molar-refractivity contribution in [3.63, 3.8) is 0 Å². The molecule has 3 aliphatic heterocycles. The van der Waals surface area contributed by atoms with E-state index < -0.39 is 0 Å². The largest absolute Gasteiger partial charge is 0.391 e. The van der Waals surface area contributed by atoms with E-state index in [0.717, 1.165) is 66.6 Å². The van der Waals surface area contributed by atoms with E-state index in [1.807, 2.05) is 18.5 Å². The molecule has 5 heterocycles. The normalized spacial score (nSPS) is 26.4. The number of β-amino-alcohol motifs (C(OH)–C–C–N with tert-alkyl or cyclic N) is 1. The molecule has 7 nitrogen and oxygen atoms in total. The molecule has 0 aromatic carbocycles. The predicted molar refractivity (Wildman–Crippen MR) is 106 cm³/mol. The molecule has 28 heavy (non-hydrogen) atoms. The Balaban J connectivity index is 1.37. The molecule has 0 spiro atoms. The van der Waals surface area contributed by atoms with E-state index in [2.05, 4.69) is 19.8 Å². The zero-order valence-corrected chi connectivity index (χ0v) is 16.9. The summed E-state index contributed by atoms with van der Waals surface area (Å²) >= 11 is 1.59. The van der Waals surface area contributed by atoms with Crippen LogP contribution in [0.15, 0.2) is 11.6 Å². The van der Waals surface area contributed by atoms with Crippen LogP contribution < -0.4 is 4.90 Å². The minimum absolute atomic E-state index is 0.0852. The number of aryl methyl sites for hydroxylation is 1. The highest BCUT2D eigenvalue weighted by molar-refractivity contribution is 7.09. The smallest absolute Gasteiger partial charge is 0.229 e. The molecule has 1 amide bonds. The number of thiazole rings is 1. The summed E-state index contributed by atoms with van der Waals surface area (Å²) in [6, 6.07) is 0.307. The van der Waals surface area contributed by atoms with Crippen molar-refractivity contribution in [1.82, 2.24) is 19.9 Å². The van der Waals surface area contributed by atoms with Crippen molar-refractivity contribution in [2.75, 3.05) is 18.0 Å². The Morgan fingerprint density at radius 1 is 1.32 bits per heavy atom. The minimum atomic E-state index is -0.299. The van der Waals surface area contributed by atoms with E-state index in [9.17, 15) is 9.90 Å². The molecule has 0 radical (unpaired) electrons. The lowest BCUT2D eigenvalue weighted by Crippen LogP contribution is -2.44. The summed E-state index contributed by atoms with van der Waals surface area (Å²) in [6.45, 7) is 3.46. The Labute approximate surface area is 168 Å². The number of carbonyl (C=O) groups excluding carboxylic acids is 1. The van der Waals surface area contributed by atoms with Crippen LogP contribution in [0.2, 0.25) is 0 Å². The Kier molecular flexibility index (Phi) is 4.55. The van der Waals surface area contributed by atoms with Gasteiger partial charge in [-0.1, -0.05) is 0 Å². The number of piperidine rings is 1. The lowest BCUT2D eigenvalue weighted by atomic mass is 9.98. The number of rotatable bonds is 3. The molecule has 3 aliphatic rings. The third-order valence-electron chi connectivity index (χ3n) is 6.14. The van der Waals surface area contributed by atoms with Gasteiger partial charge in [0.2, 0.25) is 11.9 Å². The van der Waals surface area contributed by atoms with Gasteiger partial charge >= 0.3 is 0 Å². The average Bonchev–Trinajstić information content (AvgIpc) is 3.23. The Bertz CT molecular complexity index is 900. The lowest BCUT2D eigenvalue weighted by Gasteiger charge is -2.36. The highest BCUT2D eigenvalue weighted by Crippen LogP contribution is 2.43. The summed E-state index contributed by atoms with van der Waals surface area (Å²) in [4.78, 5) is 31.1. The first-order chi connectivity index (χ1) is 13.6. The van der Waals surface area contributed by atoms with Gasteiger partial charge in [-0.25, -0.2) is 15.0 Å². The second-order valence-corrected chi connectivity index (χ2v) is 9.16. The van der Waals surface area contributed by atoms with Crippen molar-refractivity contribution in [3.8, 4) is 0 Å². The van der Waals surface area contributed by atoms with Crippen LogP contribution in [-0.4, -0.2) is 56.1 Å². The summed E-state index contributed by atoms with van der Waals surface area (Å²) in [5.41, 5.74) is 3.04. The van der Waals surface area contributed by atoms with Crippen LogP contribution in [0.3, 0.4) is 0 Å². The summed E-state index contributed by atoms with van der Waals surface area (Å²) in [5.74, 6) is 0.876. The molecule has 0 unspecified atom stereocenters. The van der Waals surface area contributed by atoms with E-state index in [-0.39, 0.29) is 24.1 Å². The minimum Gasteiger partial charge on any atom is -0.391 e. The van der Waals surface area contributed by atoms with Crippen molar-refractivity contribution >= 4 is 23.2 Å². The molecule has 2 aromatic heterocycles. The maximum absolute atomic E-state index is 13.0. The van der Waals surface area contributed by atoms with Crippen LogP contribution in [-0.2, 0) is 17.6 Å². The average molecular weight is 400 g/mol. The summed E-state index contributed by atoms with van der Waals surface area (Å²) in [7, 11) is 0. The number of carbonyl (C=O) groups is 1. The van der Waals surface area contributed by atoms with Crippen LogP contribution in [0.5, 0.6) is 0 Å². The van der Waals surface area contributed by atoms with E-state index in [0.29, 0.717) is 13.0 Å². The molecule has 0 saturated carbocycles. The third kappa shape index (κ3) is 3.18. The first-order valence-corrected chi connectivity index (χ1v) is 11.0. The molecule has 2 aromatic rings. The summed E-state index contributed by atoms with van der Waals surface area (Å²) in [6.07, 6.45) is 6.58. The molecule has 148 valence electrons. The number of fused-ring (bicyclic) bond motifs is 4. The molecule has 2 saturated heterocycles. The van der Waals surface area contributed by atoms with Gasteiger partial charge < -0.3 is 14.9 Å². The highest BCUT2D eigenvalue weighted by Gasteiger charge is 2.43. The number of aromatic nitrogens is 3. The topological polar surface area (TPSA) is 82.5 Å². The monoisotopic (exact) mass is 399 g/mol. The van der Waals surface area contributed by atoms with Crippen molar-refractivity contribution in [3.05, 3.63) is 33.5 Å². The maximum Gasteiger partial charge on any atom is 0.229 e. The van der Waals surface area contributed by atoms with E-state index in [1.165, 1.54) is 0 Å². The number of nitrogens with zero attached hydrogens (tertiary/aromatic N) is 5. The van der Waals surface area contributed by atoms with Crippen LogP contribution >= 0.6 is 11.3 Å². The van der Waals surface area contributed by atoms with Gasteiger partial charge in [0.1, 0.15) is 0 Å². The first-order valence-electron chi connectivity index (χ1n) is 10.1. The van der Waals surface area contributed by atoms with Crippen LogP contribution in [0, 0.1) is 6.92 Å². The molecular weight excluding hydrogens is 374 g/mol. The highest BCUT2D eigenvalue weighted by atomic mass is 32.1. The second kappa shape index (κ2) is 7.08. The van der Waals surface area contributed by atoms with Crippen LogP contribution in [0.25, 0.3) is 0 Å². The van der Waals surface area contributed by atoms with E-state index in [1.54, 1.807) is 11.3 Å². The van der Waals surface area contributed by atoms with Gasteiger partial charge in [-0.2, -0.15) is 0 Å². The molecule has 8 heteroatoms. The van der Waals surface area contributed by atoms with Crippen molar-refractivity contribution in [2.45, 2.75) is 63.6 Å².